The monoisotopic (exact) mass is 330 g/mol. The molecule has 1 fully saturated rings. The highest BCUT2D eigenvalue weighted by atomic mass is 16.4. The molecule has 0 aliphatic carbocycles. The topological polar surface area (TPSA) is 106 Å². The first-order valence-corrected chi connectivity index (χ1v) is 7.84. The van der Waals surface area contributed by atoms with Crippen molar-refractivity contribution in [2.24, 2.45) is 0 Å². The standard InChI is InChI=1S/C16H18N4O4/c21-13(18-12-8-4-5-9-17-14(12)22)10-20-16(23)24-15(19-20)11-6-2-1-3-7-11/h1-3,6-7,12H,4-5,8-10H2,(H,17,22)(H,18,21)/t12-/m0/s1. The average molecular weight is 330 g/mol. The molecule has 1 atom stereocenters. The summed E-state index contributed by atoms with van der Waals surface area (Å²) in [5, 5.41) is 9.41. The zero-order valence-electron chi connectivity index (χ0n) is 13.0. The fraction of sp³-hybridized carbons (Fsp3) is 0.375. The predicted molar refractivity (Wildman–Crippen MR) is 85.0 cm³/mol. The first-order valence-electron chi connectivity index (χ1n) is 7.84. The summed E-state index contributed by atoms with van der Waals surface area (Å²) in [6.45, 7) is 0.327. The van der Waals surface area contributed by atoms with E-state index in [1.165, 1.54) is 0 Å². The van der Waals surface area contributed by atoms with Gasteiger partial charge in [0.1, 0.15) is 12.6 Å². The Balaban J connectivity index is 1.67. The zero-order valence-corrected chi connectivity index (χ0v) is 13.0. The molecule has 0 radical (unpaired) electrons. The van der Waals surface area contributed by atoms with E-state index in [-0.39, 0.29) is 18.3 Å². The number of nitrogens with zero attached hydrogens (tertiary/aromatic N) is 2. The molecule has 2 amide bonds. The second kappa shape index (κ2) is 7.12. The van der Waals surface area contributed by atoms with E-state index in [4.69, 9.17) is 4.42 Å². The van der Waals surface area contributed by atoms with Crippen molar-refractivity contribution < 1.29 is 14.0 Å². The van der Waals surface area contributed by atoms with E-state index in [1.807, 2.05) is 6.07 Å². The third kappa shape index (κ3) is 3.70. The number of carbonyl (C=O) groups is 2. The second-order valence-electron chi connectivity index (χ2n) is 5.60. The Morgan fingerprint density at radius 2 is 2.08 bits per heavy atom. The predicted octanol–water partition coefficient (Wildman–Crippen LogP) is 0.288. The molecule has 0 saturated carbocycles. The third-order valence-electron chi connectivity index (χ3n) is 3.79. The minimum absolute atomic E-state index is 0.153. The molecule has 0 bridgehead atoms. The molecule has 2 N–H and O–H groups in total. The molecule has 1 aliphatic rings. The van der Waals surface area contributed by atoms with Crippen LogP contribution in [0.15, 0.2) is 39.5 Å². The normalized spacial score (nSPS) is 17.8. The van der Waals surface area contributed by atoms with Gasteiger partial charge in [0.15, 0.2) is 0 Å². The van der Waals surface area contributed by atoms with Crippen LogP contribution in [0, 0.1) is 0 Å². The molecule has 8 nitrogen and oxygen atoms in total. The molecule has 24 heavy (non-hydrogen) atoms. The quantitative estimate of drug-likeness (QED) is 0.838. The van der Waals surface area contributed by atoms with E-state index < -0.39 is 17.7 Å². The molecule has 3 rings (SSSR count). The number of amides is 2. The minimum Gasteiger partial charge on any atom is -0.388 e. The fourth-order valence-electron chi connectivity index (χ4n) is 2.56. The molecule has 1 saturated heterocycles. The Kier molecular flexibility index (Phi) is 4.74. The van der Waals surface area contributed by atoms with Crippen molar-refractivity contribution in [3.05, 3.63) is 40.9 Å². The highest BCUT2D eigenvalue weighted by Crippen LogP contribution is 2.13. The number of rotatable bonds is 4. The molecular formula is C16H18N4O4. The number of nitrogens with one attached hydrogen (secondary N) is 2. The summed E-state index contributed by atoms with van der Waals surface area (Å²) >= 11 is 0. The lowest BCUT2D eigenvalue weighted by Gasteiger charge is -2.14. The Bertz CT molecular complexity index is 781. The smallest absolute Gasteiger partial charge is 0.388 e. The van der Waals surface area contributed by atoms with Crippen molar-refractivity contribution in [3.63, 3.8) is 0 Å². The van der Waals surface area contributed by atoms with Crippen LogP contribution >= 0.6 is 0 Å². The van der Waals surface area contributed by atoms with Gasteiger partial charge >= 0.3 is 5.76 Å². The van der Waals surface area contributed by atoms with Crippen LogP contribution in [0.2, 0.25) is 0 Å². The molecule has 1 aliphatic heterocycles. The Morgan fingerprint density at radius 1 is 1.29 bits per heavy atom. The van der Waals surface area contributed by atoms with Gasteiger partial charge in [-0.25, -0.2) is 4.79 Å². The molecule has 1 aromatic heterocycles. The van der Waals surface area contributed by atoms with E-state index in [0.29, 0.717) is 18.5 Å². The summed E-state index contributed by atoms with van der Waals surface area (Å²) in [7, 11) is 0. The number of carbonyl (C=O) groups excluding carboxylic acids is 2. The van der Waals surface area contributed by atoms with Crippen molar-refractivity contribution in [3.8, 4) is 11.5 Å². The largest absolute Gasteiger partial charge is 0.437 e. The van der Waals surface area contributed by atoms with Gasteiger partial charge in [0.05, 0.1) is 0 Å². The van der Waals surface area contributed by atoms with Gasteiger partial charge in [-0.2, -0.15) is 4.68 Å². The van der Waals surface area contributed by atoms with Crippen LogP contribution in [0.5, 0.6) is 0 Å². The van der Waals surface area contributed by atoms with Gasteiger partial charge in [0, 0.05) is 12.1 Å². The summed E-state index contributed by atoms with van der Waals surface area (Å²) in [5.74, 6) is -1.21. The van der Waals surface area contributed by atoms with Crippen LogP contribution in [-0.2, 0) is 16.1 Å². The van der Waals surface area contributed by atoms with Crippen molar-refractivity contribution in [1.29, 1.82) is 0 Å². The summed E-state index contributed by atoms with van der Waals surface area (Å²) in [6, 6.07) is 8.37. The lowest BCUT2D eigenvalue weighted by Crippen LogP contribution is -2.47. The Labute approximate surface area is 137 Å². The van der Waals surface area contributed by atoms with Gasteiger partial charge in [-0.15, -0.1) is 5.10 Å². The van der Waals surface area contributed by atoms with Crippen LogP contribution in [0.3, 0.4) is 0 Å². The highest BCUT2D eigenvalue weighted by Gasteiger charge is 2.23. The van der Waals surface area contributed by atoms with Gasteiger partial charge < -0.3 is 15.1 Å². The lowest BCUT2D eigenvalue weighted by molar-refractivity contribution is -0.129. The molecule has 1 aromatic carbocycles. The Morgan fingerprint density at radius 3 is 2.88 bits per heavy atom. The number of aromatic nitrogens is 2. The molecular weight excluding hydrogens is 312 g/mol. The van der Waals surface area contributed by atoms with Crippen molar-refractivity contribution in [1.82, 2.24) is 20.4 Å². The summed E-state index contributed by atoms with van der Waals surface area (Å²) in [5.41, 5.74) is 0.650. The minimum atomic E-state index is -0.714. The SMILES string of the molecule is O=C(Cn1nc(-c2ccccc2)oc1=O)N[C@H]1CCCCNC1=O. The molecule has 8 heteroatoms. The van der Waals surface area contributed by atoms with Gasteiger partial charge in [-0.1, -0.05) is 18.2 Å². The van der Waals surface area contributed by atoms with E-state index >= 15 is 0 Å². The summed E-state index contributed by atoms with van der Waals surface area (Å²) in [6.07, 6.45) is 2.33. The van der Waals surface area contributed by atoms with Crippen molar-refractivity contribution >= 4 is 11.8 Å². The zero-order chi connectivity index (χ0) is 16.9. The second-order valence-corrected chi connectivity index (χ2v) is 5.60. The fourth-order valence-corrected chi connectivity index (χ4v) is 2.56. The first-order chi connectivity index (χ1) is 11.6. The number of hydrogen-bond donors (Lipinski definition) is 2. The molecule has 0 spiro atoms. The van der Waals surface area contributed by atoms with E-state index in [2.05, 4.69) is 15.7 Å². The van der Waals surface area contributed by atoms with Crippen LogP contribution in [0.4, 0.5) is 0 Å². The van der Waals surface area contributed by atoms with Gasteiger partial charge in [-0.3, -0.25) is 9.59 Å². The van der Waals surface area contributed by atoms with E-state index in [9.17, 15) is 14.4 Å². The lowest BCUT2D eigenvalue weighted by atomic mass is 10.1. The van der Waals surface area contributed by atoms with E-state index in [0.717, 1.165) is 17.5 Å². The molecule has 126 valence electrons. The third-order valence-corrected chi connectivity index (χ3v) is 3.79. The van der Waals surface area contributed by atoms with Crippen LogP contribution in [0.25, 0.3) is 11.5 Å². The maximum Gasteiger partial charge on any atom is 0.437 e. The highest BCUT2D eigenvalue weighted by molar-refractivity contribution is 5.87. The van der Waals surface area contributed by atoms with Crippen LogP contribution < -0.4 is 16.4 Å². The molecule has 2 aromatic rings. The number of hydrogen-bond acceptors (Lipinski definition) is 5. The summed E-state index contributed by atoms with van der Waals surface area (Å²) in [4.78, 5) is 35.8. The first kappa shape index (κ1) is 16.0. The van der Waals surface area contributed by atoms with Gasteiger partial charge in [0.25, 0.3) is 0 Å². The maximum atomic E-state index is 12.1. The average Bonchev–Trinajstić information content (AvgIpc) is 2.82. The Hall–Kier alpha value is -2.90. The molecule has 0 unspecified atom stereocenters. The summed E-state index contributed by atoms with van der Waals surface area (Å²) < 4.78 is 6.02. The van der Waals surface area contributed by atoms with Crippen molar-refractivity contribution in [2.75, 3.05) is 6.54 Å². The van der Waals surface area contributed by atoms with Crippen LogP contribution in [0.1, 0.15) is 19.3 Å². The van der Waals surface area contributed by atoms with Crippen molar-refractivity contribution in [2.45, 2.75) is 31.8 Å². The van der Waals surface area contributed by atoms with E-state index in [1.54, 1.807) is 24.3 Å². The number of benzene rings is 1. The van der Waals surface area contributed by atoms with Crippen LogP contribution in [-0.4, -0.2) is 34.2 Å². The maximum absolute atomic E-state index is 12.1. The molecule has 2 heterocycles. The van der Waals surface area contributed by atoms with Gasteiger partial charge in [-0.05, 0) is 31.4 Å². The van der Waals surface area contributed by atoms with Gasteiger partial charge in [0.2, 0.25) is 17.7 Å².